The van der Waals surface area contributed by atoms with Crippen LogP contribution in [0.25, 0.3) is 11.0 Å². The van der Waals surface area contributed by atoms with Crippen molar-refractivity contribution in [2.24, 2.45) is 0 Å². The zero-order valence-corrected chi connectivity index (χ0v) is 25.1. The highest BCUT2D eigenvalue weighted by Crippen LogP contribution is 2.36. The number of carbonyl (C=O) groups is 3. The number of ether oxygens (including phenoxy) is 1. The monoisotopic (exact) mass is 692 g/mol. The fourth-order valence-electron chi connectivity index (χ4n) is 3.88. The number of esters is 1. The Morgan fingerprint density at radius 3 is 2.20 bits per heavy atom. The van der Waals surface area contributed by atoms with Crippen LogP contribution in [0.1, 0.15) is 35.0 Å². The number of hydrogen-bond donors (Lipinski definition) is 3. The molecule has 0 atom stereocenters. The van der Waals surface area contributed by atoms with Gasteiger partial charge >= 0.3 is 5.97 Å². The smallest absolute Gasteiger partial charge is 0.315 e. The Bertz CT molecular complexity index is 1730. The van der Waals surface area contributed by atoms with E-state index in [4.69, 9.17) is 4.42 Å². The highest BCUT2D eigenvalue weighted by Gasteiger charge is 2.24. The van der Waals surface area contributed by atoms with Crippen molar-refractivity contribution >= 4 is 81.9 Å². The predicted octanol–water partition coefficient (Wildman–Crippen LogP) is 5.76. The molecule has 0 aliphatic carbocycles. The second-order valence-electron chi connectivity index (χ2n) is 8.51. The Balaban J connectivity index is 1.58. The lowest BCUT2D eigenvalue weighted by Gasteiger charge is -2.10. The van der Waals surface area contributed by atoms with E-state index in [9.17, 15) is 27.9 Å². The van der Waals surface area contributed by atoms with Gasteiger partial charge < -0.3 is 19.6 Å². The van der Waals surface area contributed by atoms with Crippen LogP contribution in [0.2, 0.25) is 0 Å². The number of carbonyl (C=O) groups excluding carboxylic acids is 3. The van der Waals surface area contributed by atoms with Crippen LogP contribution < -0.4 is 10.0 Å². The summed E-state index contributed by atoms with van der Waals surface area (Å²) in [6.45, 7) is 1.82. The van der Waals surface area contributed by atoms with E-state index in [1.54, 1.807) is 0 Å². The zero-order chi connectivity index (χ0) is 29.2. The molecule has 0 aliphatic heterocycles. The third-order valence-corrected chi connectivity index (χ3v) is 8.41. The number of methoxy groups -OCH3 is 1. The first-order valence-corrected chi connectivity index (χ1v) is 14.8. The second kappa shape index (κ2) is 11.8. The molecular formula is C27H22Br2N2O8S. The van der Waals surface area contributed by atoms with Crippen molar-refractivity contribution in [3.63, 3.8) is 0 Å². The molecule has 0 radical (unpaired) electrons. The molecule has 0 spiro atoms. The second-order valence-corrected chi connectivity index (χ2v) is 11.9. The minimum atomic E-state index is -4.04. The molecule has 0 aliphatic rings. The summed E-state index contributed by atoms with van der Waals surface area (Å²) in [6.07, 6.45) is -0.0593. The number of nitrogens with one attached hydrogen (secondary N) is 2. The van der Waals surface area contributed by atoms with E-state index in [2.05, 4.69) is 46.6 Å². The minimum Gasteiger partial charge on any atom is -0.506 e. The van der Waals surface area contributed by atoms with E-state index >= 15 is 0 Å². The van der Waals surface area contributed by atoms with Crippen molar-refractivity contribution in [2.45, 2.75) is 24.7 Å². The Hall–Kier alpha value is -3.68. The summed E-state index contributed by atoms with van der Waals surface area (Å²) in [5.74, 6) is -1.23. The minimum absolute atomic E-state index is 0.0374. The number of rotatable bonds is 9. The van der Waals surface area contributed by atoms with Crippen molar-refractivity contribution in [2.75, 3.05) is 17.1 Å². The quantitative estimate of drug-likeness (QED) is 0.114. The molecular weight excluding hydrogens is 672 g/mol. The molecule has 13 heteroatoms. The van der Waals surface area contributed by atoms with E-state index < -0.39 is 28.3 Å². The lowest BCUT2D eigenvalue weighted by molar-refractivity contribution is -0.142. The predicted molar refractivity (Wildman–Crippen MR) is 155 cm³/mol. The molecule has 0 unspecified atom stereocenters. The molecule has 0 saturated carbocycles. The summed E-state index contributed by atoms with van der Waals surface area (Å²) in [5.41, 5.74) is 1.44. The van der Waals surface area contributed by atoms with Gasteiger partial charge in [0, 0.05) is 34.8 Å². The zero-order valence-electron chi connectivity index (χ0n) is 21.1. The lowest BCUT2D eigenvalue weighted by Crippen LogP contribution is -2.17. The van der Waals surface area contributed by atoms with Crippen LogP contribution in [0.15, 0.2) is 72.9 Å². The first-order chi connectivity index (χ1) is 18.9. The number of phenolic OH excluding ortho intramolecular Hbond substituents is 1. The Morgan fingerprint density at radius 1 is 0.975 bits per heavy atom. The average molecular weight is 694 g/mol. The van der Waals surface area contributed by atoms with Crippen molar-refractivity contribution in [3.05, 3.63) is 80.4 Å². The Labute approximate surface area is 246 Å². The topological polar surface area (TPSA) is 152 Å². The van der Waals surface area contributed by atoms with Gasteiger partial charge in [0.2, 0.25) is 5.91 Å². The molecule has 0 saturated heterocycles. The molecule has 3 N–H and O–H groups in total. The van der Waals surface area contributed by atoms with Gasteiger partial charge in [-0.3, -0.25) is 19.1 Å². The van der Waals surface area contributed by atoms with E-state index in [-0.39, 0.29) is 27.7 Å². The first-order valence-electron chi connectivity index (χ1n) is 11.7. The van der Waals surface area contributed by atoms with Crippen LogP contribution in [0, 0.1) is 0 Å². The number of aryl methyl sites for hydroxylation is 1. The van der Waals surface area contributed by atoms with Crippen LogP contribution in [0.3, 0.4) is 0 Å². The normalized spacial score (nSPS) is 11.3. The molecule has 1 amide bonds. The van der Waals surface area contributed by atoms with Crippen LogP contribution >= 0.6 is 31.9 Å². The summed E-state index contributed by atoms with van der Waals surface area (Å²) in [4.78, 5) is 36.4. The molecule has 3 aromatic carbocycles. The fourth-order valence-corrected chi connectivity index (χ4v) is 6.14. The first kappa shape index (κ1) is 29.3. The Kier molecular flexibility index (Phi) is 8.66. The third kappa shape index (κ3) is 6.21. The van der Waals surface area contributed by atoms with Crippen LogP contribution in [0.5, 0.6) is 5.75 Å². The van der Waals surface area contributed by atoms with Gasteiger partial charge in [0.05, 0.1) is 26.5 Å². The average Bonchev–Trinajstić information content (AvgIpc) is 3.29. The number of amides is 1. The number of hydrogen-bond acceptors (Lipinski definition) is 8. The number of ketones is 1. The maximum absolute atomic E-state index is 13.4. The molecule has 4 rings (SSSR count). The number of furan rings is 1. The lowest BCUT2D eigenvalue weighted by atomic mass is 9.99. The molecule has 1 heterocycles. The van der Waals surface area contributed by atoms with E-state index in [1.165, 1.54) is 61.7 Å². The number of aromatic hydroxyl groups is 1. The summed E-state index contributed by atoms with van der Waals surface area (Å²) in [5, 5.41) is 13.0. The third-order valence-electron chi connectivity index (χ3n) is 5.83. The van der Waals surface area contributed by atoms with E-state index in [0.29, 0.717) is 43.3 Å². The van der Waals surface area contributed by atoms with Crippen LogP contribution in [-0.4, -0.2) is 38.3 Å². The van der Waals surface area contributed by atoms with E-state index in [1.807, 2.05) is 6.92 Å². The number of phenols is 1. The number of benzene rings is 3. The van der Waals surface area contributed by atoms with Crippen molar-refractivity contribution < 1.29 is 37.1 Å². The van der Waals surface area contributed by atoms with Gasteiger partial charge in [0.25, 0.3) is 10.0 Å². The standard InChI is InChI=1S/C27H22Br2N2O8S/c1-3-21-25(26(34)14-10-19(28)27(35)20(29)11-14)18-9-8-17(12-22(18)39-21)40(36,37)31-16-6-4-15(5-7-16)30-23(32)13-24(33)38-2/h4-12,31,35H,3,13H2,1-2H3,(H,30,32). The van der Waals surface area contributed by atoms with Crippen molar-refractivity contribution in [1.82, 2.24) is 0 Å². The largest absolute Gasteiger partial charge is 0.506 e. The molecule has 4 aromatic rings. The van der Waals surface area contributed by atoms with Gasteiger partial charge in [-0.05, 0) is 80.4 Å². The number of anilines is 2. The van der Waals surface area contributed by atoms with Gasteiger partial charge in [-0.2, -0.15) is 0 Å². The van der Waals surface area contributed by atoms with Gasteiger partial charge in [-0.15, -0.1) is 0 Å². The fraction of sp³-hybridized carbons (Fsp3) is 0.148. The summed E-state index contributed by atoms with van der Waals surface area (Å²) in [6, 6.07) is 13.1. The van der Waals surface area contributed by atoms with Crippen molar-refractivity contribution in [3.8, 4) is 5.75 Å². The molecule has 0 bridgehead atoms. The number of halogens is 2. The Morgan fingerprint density at radius 2 is 1.60 bits per heavy atom. The molecule has 208 valence electrons. The van der Waals surface area contributed by atoms with Gasteiger partial charge in [0.15, 0.2) is 5.78 Å². The maximum atomic E-state index is 13.4. The van der Waals surface area contributed by atoms with Crippen molar-refractivity contribution in [1.29, 1.82) is 0 Å². The SMILES string of the molecule is CCc1oc2cc(S(=O)(=O)Nc3ccc(NC(=O)CC(=O)OC)cc3)ccc2c1C(=O)c1cc(Br)c(O)c(Br)c1. The molecule has 1 aromatic heterocycles. The van der Waals surface area contributed by atoms with E-state index in [0.717, 1.165) is 0 Å². The summed E-state index contributed by atoms with van der Waals surface area (Å²) in [7, 11) is -2.86. The van der Waals surface area contributed by atoms with Gasteiger partial charge in [-0.25, -0.2) is 8.42 Å². The molecule has 10 nitrogen and oxygen atoms in total. The molecule has 0 fully saturated rings. The number of sulfonamides is 1. The number of fused-ring (bicyclic) bond motifs is 1. The highest BCUT2D eigenvalue weighted by molar-refractivity contribution is 9.11. The van der Waals surface area contributed by atoms with Gasteiger partial charge in [-0.1, -0.05) is 6.92 Å². The van der Waals surface area contributed by atoms with Gasteiger partial charge in [0.1, 0.15) is 23.5 Å². The summed E-state index contributed by atoms with van der Waals surface area (Å²) < 4.78 is 39.7. The molecule has 40 heavy (non-hydrogen) atoms. The maximum Gasteiger partial charge on any atom is 0.315 e. The highest BCUT2D eigenvalue weighted by atomic mass is 79.9. The van der Waals surface area contributed by atoms with Crippen LogP contribution in [0.4, 0.5) is 11.4 Å². The summed E-state index contributed by atoms with van der Waals surface area (Å²) >= 11 is 6.47. The van der Waals surface area contributed by atoms with Crippen LogP contribution in [-0.2, 0) is 30.8 Å².